The molecular formula is C18H14F2N2O2S. The van der Waals surface area contributed by atoms with Gasteiger partial charge in [-0.15, -0.1) is 0 Å². The van der Waals surface area contributed by atoms with Gasteiger partial charge in [-0.1, -0.05) is 36.4 Å². The summed E-state index contributed by atoms with van der Waals surface area (Å²) >= 11 is 0. The number of sulfonamides is 1. The Morgan fingerprint density at radius 3 is 2.12 bits per heavy atom. The number of hydrogen-bond acceptors (Lipinski definition) is 3. The Morgan fingerprint density at radius 1 is 0.880 bits per heavy atom. The van der Waals surface area contributed by atoms with E-state index in [1.165, 1.54) is 0 Å². The molecule has 0 aliphatic carbocycles. The Balaban J connectivity index is 2.03. The molecule has 3 aromatic rings. The first-order valence-corrected chi connectivity index (χ1v) is 8.88. The Bertz CT molecular complexity index is 905. The predicted octanol–water partition coefficient (Wildman–Crippen LogP) is 3.43. The van der Waals surface area contributed by atoms with Gasteiger partial charge in [-0.2, -0.15) is 4.72 Å². The van der Waals surface area contributed by atoms with Crippen LogP contribution in [0.3, 0.4) is 0 Å². The van der Waals surface area contributed by atoms with Gasteiger partial charge in [-0.05, 0) is 29.8 Å². The highest BCUT2D eigenvalue weighted by molar-refractivity contribution is 7.89. The van der Waals surface area contributed by atoms with Crippen LogP contribution in [0.5, 0.6) is 0 Å². The van der Waals surface area contributed by atoms with E-state index in [2.05, 4.69) is 9.71 Å². The number of hydrogen-bond donors (Lipinski definition) is 1. The molecule has 2 aromatic carbocycles. The maximum atomic E-state index is 13.4. The van der Waals surface area contributed by atoms with Crippen molar-refractivity contribution in [3.05, 3.63) is 95.8 Å². The van der Waals surface area contributed by atoms with Crippen molar-refractivity contribution >= 4 is 10.0 Å². The Kier molecular flexibility index (Phi) is 4.87. The molecule has 1 atom stereocenters. The fraction of sp³-hybridized carbons (Fsp3) is 0.0556. The topological polar surface area (TPSA) is 59.1 Å². The summed E-state index contributed by atoms with van der Waals surface area (Å²) in [6.07, 6.45) is 1.54. The lowest BCUT2D eigenvalue weighted by Crippen LogP contribution is -2.30. The van der Waals surface area contributed by atoms with Crippen LogP contribution in [0.25, 0.3) is 0 Å². The second-order valence-electron chi connectivity index (χ2n) is 5.32. The van der Waals surface area contributed by atoms with Gasteiger partial charge in [0.2, 0.25) is 10.0 Å². The molecule has 0 spiro atoms. The zero-order valence-electron chi connectivity index (χ0n) is 12.9. The Hall–Kier alpha value is -2.64. The molecular weight excluding hydrogens is 346 g/mol. The second-order valence-corrected chi connectivity index (χ2v) is 7.04. The van der Waals surface area contributed by atoms with Crippen molar-refractivity contribution in [2.45, 2.75) is 10.9 Å². The SMILES string of the molecule is O=S(=O)(NC(c1ccccc1)c1ccccn1)c1cc(F)cc(F)c1. The van der Waals surface area contributed by atoms with Gasteiger partial charge in [0.1, 0.15) is 11.6 Å². The van der Waals surface area contributed by atoms with Gasteiger partial charge in [0.05, 0.1) is 16.6 Å². The number of aromatic nitrogens is 1. The van der Waals surface area contributed by atoms with Crippen LogP contribution in [0, 0.1) is 11.6 Å². The molecule has 7 heteroatoms. The summed E-state index contributed by atoms with van der Waals surface area (Å²) in [5.74, 6) is -1.93. The minimum atomic E-state index is -4.17. The number of nitrogens with one attached hydrogen (secondary N) is 1. The molecule has 128 valence electrons. The first-order valence-electron chi connectivity index (χ1n) is 7.40. The lowest BCUT2D eigenvalue weighted by molar-refractivity contribution is 0.555. The zero-order chi connectivity index (χ0) is 17.9. The van der Waals surface area contributed by atoms with E-state index in [9.17, 15) is 17.2 Å². The summed E-state index contributed by atoms with van der Waals surface area (Å²) in [6, 6.07) is 15.3. The lowest BCUT2D eigenvalue weighted by atomic mass is 10.0. The molecule has 1 aromatic heterocycles. The number of rotatable bonds is 5. The van der Waals surface area contributed by atoms with Crippen LogP contribution in [0.15, 0.2) is 77.8 Å². The minimum absolute atomic E-state index is 0.467. The Labute approximate surface area is 144 Å². The highest BCUT2D eigenvalue weighted by Crippen LogP contribution is 2.23. The van der Waals surface area contributed by atoms with Crippen LogP contribution in [0.1, 0.15) is 17.3 Å². The molecule has 3 rings (SSSR count). The van der Waals surface area contributed by atoms with Crippen molar-refractivity contribution in [1.29, 1.82) is 0 Å². The normalized spacial score (nSPS) is 12.7. The summed E-state index contributed by atoms with van der Waals surface area (Å²) in [7, 11) is -4.17. The van der Waals surface area contributed by atoms with Crippen LogP contribution < -0.4 is 4.72 Å². The third kappa shape index (κ3) is 4.07. The molecule has 1 N–H and O–H groups in total. The van der Waals surface area contributed by atoms with Gasteiger partial charge in [-0.3, -0.25) is 4.98 Å². The number of pyridine rings is 1. The average Bonchev–Trinajstić information content (AvgIpc) is 2.60. The fourth-order valence-corrected chi connectivity index (χ4v) is 3.64. The van der Waals surface area contributed by atoms with Gasteiger partial charge >= 0.3 is 0 Å². The first kappa shape index (κ1) is 17.2. The predicted molar refractivity (Wildman–Crippen MR) is 89.2 cm³/mol. The second kappa shape index (κ2) is 7.08. The summed E-state index contributed by atoms with van der Waals surface area (Å²) in [4.78, 5) is 3.71. The number of nitrogens with zero attached hydrogens (tertiary/aromatic N) is 1. The monoisotopic (exact) mass is 360 g/mol. The summed E-state index contributed by atoms with van der Waals surface area (Å²) < 4.78 is 54.5. The van der Waals surface area contributed by atoms with Crippen LogP contribution in [0.4, 0.5) is 8.78 Å². The van der Waals surface area contributed by atoms with Gasteiger partial charge in [0.25, 0.3) is 0 Å². The third-order valence-corrected chi connectivity index (χ3v) is 4.94. The molecule has 1 unspecified atom stereocenters. The van der Waals surface area contributed by atoms with Crippen LogP contribution in [-0.4, -0.2) is 13.4 Å². The van der Waals surface area contributed by atoms with Crippen molar-refractivity contribution in [2.24, 2.45) is 0 Å². The zero-order valence-corrected chi connectivity index (χ0v) is 13.7. The van der Waals surface area contributed by atoms with E-state index >= 15 is 0 Å². The van der Waals surface area contributed by atoms with E-state index in [4.69, 9.17) is 0 Å². The lowest BCUT2D eigenvalue weighted by Gasteiger charge is -2.19. The largest absolute Gasteiger partial charge is 0.259 e. The number of benzene rings is 2. The van der Waals surface area contributed by atoms with Gasteiger partial charge in [0.15, 0.2) is 0 Å². The van der Waals surface area contributed by atoms with Crippen LogP contribution in [0.2, 0.25) is 0 Å². The van der Waals surface area contributed by atoms with Crippen LogP contribution in [-0.2, 0) is 10.0 Å². The van der Waals surface area contributed by atoms with Crippen molar-refractivity contribution in [3.63, 3.8) is 0 Å². The van der Waals surface area contributed by atoms with Gasteiger partial charge in [-0.25, -0.2) is 17.2 Å². The smallest absolute Gasteiger partial charge is 0.241 e. The molecule has 0 radical (unpaired) electrons. The molecule has 0 saturated heterocycles. The van der Waals surface area contributed by atoms with Crippen molar-refractivity contribution in [3.8, 4) is 0 Å². The summed E-state index contributed by atoms with van der Waals surface area (Å²) in [6.45, 7) is 0. The summed E-state index contributed by atoms with van der Waals surface area (Å²) in [5.41, 5.74) is 1.12. The van der Waals surface area contributed by atoms with Crippen LogP contribution >= 0.6 is 0 Å². The highest BCUT2D eigenvalue weighted by Gasteiger charge is 2.24. The minimum Gasteiger partial charge on any atom is -0.259 e. The van der Waals surface area contributed by atoms with Crippen molar-refractivity contribution in [1.82, 2.24) is 9.71 Å². The maximum absolute atomic E-state index is 13.4. The van der Waals surface area contributed by atoms with Gasteiger partial charge in [0, 0.05) is 12.3 Å². The maximum Gasteiger partial charge on any atom is 0.241 e. The first-order chi connectivity index (χ1) is 12.0. The Morgan fingerprint density at radius 2 is 1.52 bits per heavy atom. The molecule has 0 bridgehead atoms. The molecule has 25 heavy (non-hydrogen) atoms. The molecule has 0 aliphatic heterocycles. The number of halogens is 2. The molecule has 0 amide bonds. The summed E-state index contributed by atoms with van der Waals surface area (Å²) in [5, 5.41) is 0. The van der Waals surface area contributed by atoms with Gasteiger partial charge < -0.3 is 0 Å². The van der Waals surface area contributed by atoms with Crippen molar-refractivity contribution in [2.75, 3.05) is 0 Å². The molecule has 1 heterocycles. The molecule has 4 nitrogen and oxygen atoms in total. The van der Waals surface area contributed by atoms with E-state index in [0.29, 0.717) is 17.3 Å². The van der Waals surface area contributed by atoms with E-state index < -0.39 is 32.6 Å². The average molecular weight is 360 g/mol. The van der Waals surface area contributed by atoms with E-state index in [1.807, 2.05) is 0 Å². The molecule has 0 saturated carbocycles. The van der Waals surface area contributed by atoms with E-state index in [-0.39, 0.29) is 0 Å². The van der Waals surface area contributed by atoms with E-state index in [1.54, 1.807) is 54.7 Å². The van der Waals surface area contributed by atoms with E-state index in [0.717, 1.165) is 12.1 Å². The van der Waals surface area contributed by atoms with Crippen molar-refractivity contribution < 1.29 is 17.2 Å². The quantitative estimate of drug-likeness (QED) is 0.758. The highest BCUT2D eigenvalue weighted by atomic mass is 32.2. The third-order valence-electron chi connectivity index (χ3n) is 3.54. The molecule has 0 fully saturated rings. The fourth-order valence-electron chi connectivity index (χ4n) is 2.40. The standard InChI is InChI=1S/C18H14F2N2O2S/c19-14-10-15(20)12-16(11-14)25(23,24)22-18(13-6-2-1-3-7-13)17-8-4-5-9-21-17/h1-12,18,22H. The molecule has 0 aliphatic rings.